The average molecular weight is 487 g/mol. The van der Waals surface area contributed by atoms with Gasteiger partial charge in [0.15, 0.2) is 5.60 Å². The lowest BCUT2D eigenvalue weighted by molar-refractivity contribution is -0.143. The summed E-state index contributed by atoms with van der Waals surface area (Å²) in [7, 11) is 0. The third-order valence-electron chi connectivity index (χ3n) is 6.37. The standard InChI is InChI=1S/C30H30O6/c1-28(2,3)26(31)34-19-11-13-22-24(15-19)36-25-16-20(35-27(32)29(4,5)6)12-14-23(25)30(22)21-10-8-7-9-18(21)17-33-30/h7-16H,17H2,1-6H3. The normalized spacial score (nSPS) is 15.4. The topological polar surface area (TPSA) is 71.1 Å². The van der Waals surface area contributed by atoms with E-state index in [0.29, 0.717) is 29.6 Å². The first-order chi connectivity index (χ1) is 16.9. The van der Waals surface area contributed by atoms with Crippen LogP contribution in [0.3, 0.4) is 0 Å². The van der Waals surface area contributed by atoms with Crippen LogP contribution in [0.15, 0.2) is 60.7 Å². The Morgan fingerprint density at radius 1 is 0.722 bits per heavy atom. The summed E-state index contributed by atoms with van der Waals surface area (Å²) < 4.78 is 24.2. The molecule has 0 radical (unpaired) electrons. The smallest absolute Gasteiger partial charge is 0.316 e. The minimum atomic E-state index is -0.904. The first-order valence-electron chi connectivity index (χ1n) is 12.0. The summed E-state index contributed by atoms with van der Waals surface area (Å²) in [5, 5.41) is 0. The van der Waals surface area contributed by atoms with E-state index in [2.05, 4.69) is 12.1 Å². The van der Waals surface area contributed by atoms with Gasteiger partial charge in [-0.25, -0.2) is 0 Å². The van der Waals surface area contributed by atoms with E-state index in [4.69, 9.17) is 18.9 Å². The summed E-state index contributed by atoms with van der Waals surface area (Å²) in [6.07, 6.45) is 0. The van der Waals surface area contributed by atoms with Crippen LogP contribution in [-0.4, -0.2) is 11.9 Å². The zero-order valence-electron chi connectivity index (χ0n) is 21.4. The van der Waals surface area contributed by atoms with Crippen molar-refractivity contribution in [3.05, 3.63) is 82.9 Å². The van der Waals surface area contributed by atoms with Gasteiger partial charge in [0, 0.05) is 23.3 Å². The lowest BCUT2D eigenvalue weighted by Crippen LogP contribution is -2.32. The maximum atomic E-state index is 12.5. The molecular formula is C30H30O6. The van der Waals surface area contributed by atoms with Crippen molar-refractivity contribution in [2.75, 3.05) is 0 Å². The van der Waals surface area contributed by atoms with Crippen LogP contribution in [0.4, 0.5) is 0 Å². The SMILES string of the molecule is CC(C)(C)C(=O)Oc1ccc2c(c1)Oc1cc(OC(=O)C(C)(C)C)ccc1C21OCc2ccccc21. The first-order valence-corrected chi connectivity index (χ1v) is 12.0. The summed E-state index contributed by atoms with van der Waals surface area (Å²) in [5.74, 6) is 1.11. The average Bonchev–Trinajstić information content (AvgIpc) is 3.18. The molecule has 186 valence electrons. The number of fused-ring (bicyclic) bond motifs is 6. The van der Waals surface area contributed by atoms with Crippen molar-refractivity contribution in [3.8, 4) is 23.0 Å². The zero-order valence-corrected chi connectivity index (χ0v) is 21.4. The Morgan fingerprint density at radius 3 is 1.72 bits per heavy atom. The number of hydrogen-bond acceptors (Lipinski definition) is 6. The van der Waals surface area contributed by atoms with Crippen LogP contribution in [0.5, 0.6) is 23.0 Å². The molecule has 0 saturated carbocycles. The monoisotopic (exact) mass is 486 g/mol. The lowest BCUT2D eigenvalue weighted by Gasteiger charge is -2.37. The van der Waals surface area contributed by atoms with Crippen LogP contribution >= 0.6 is 0 Å². The Bertz CT molecular complexity index is 1300. The second-order valence-corrected chi connectivity index (χ2v) is 11.3. The highest BCUT2D eigenvalue weighted by atomic mass is 16.5. The van der Waals surface area contributed by atoms with Gasteiger partial charge in [0.1, 0.15) is 23.0 Å². The largest absolute Gasteiger partial charge is 0.456 e. The number of carbonyl (C=O) groups is 2. The van der Waals surface area contributed by atoms with E-state index in [-0.39, 0.29) is 11.9 Å². The van der Waals surface area contributed by atoms with E-state index in [1.807, 2.05) is 24.3 Å². The van der Waals surface area contributed by atoms with Gasteiger partial charge in [-0.1, -0.05) is 24.3 Å². The Hall–Kier alpha value is -3.64. The Kier molecular flexibility index (Phi) is 5.49. The Balaban J connectivity index is 1.63. The highest BCUT2D eigenvalue weighted by molar-refractivity contribution is 5.79. The predicted octanol–water partition coefficient (Wildman–Crippen LogP) is 6.52. The fraction of sp³-hybridized carbons (Fsp3) is 0.333. The first kappa shape index (κ1) is 24.1. The molecule has 2 heterocycles. The lowest BCUT2D eigenvalue weighted by atomic mass is 9.77. The number of rotatable bonds is 2. The van der Waals surface area contributed by atoms with Crippen LogP contribution in [0.2, 0.25) is 0 Å². The van der Waals surface area contributed by atoms with E-state index < -0.39 is 16.4 Å². The molecule has 6 nitrogen and oxygen atoms in total. The third-order valence-corrected chi connectivity index (χ3v) is 6.37. The number of carbonyl (C=O) groups excluding carboxylic acids is 2. The molecule has 2 aliphatic rings. The second-order valence-electron chi connectivity index (χ2n) is 11.3. The molecule has 0 atom stereocenters. The van der Waals surface area contributed by atoms with E-state index in [1.54, 1.807) is 65.8 Å². The van der Waals surface area contributed by atoms with Crippen molar-refractivity contribution in [3.63, 3.8) is 0 Å². The number of ether oxygens (including phenoxy) is 4. The van der Waals surface area contributed by atoms with Gasteiger partial charge in [-0.05, 0) is 76.9 Å². The van der Waals surface area contributed by atoms with Gasteiger partial charge in [-0.15, -0.1) is 0 Å². The molecule has 2 aliphatic heterocycles. The molecule has 5 rings (SSSR count). The Morgan fingerprint density at radius 2 is 1.22 bits per heavy atom. The van der Waals surface area contributed by atoms with E-state index in [9.17, 15) is 9.59 Å². The van der Waals surface area contributed by atoms with E-state index in [1.165, 1.54) is 0 Å². The summed E-state index contributed by atoms with van der Waals surface area (Å²) in [4.78, 5) is 25.0. The minimum Gasteiger partial charge on any atom is -0.456 e. The molecule has 0 bridgehead atoms. The molecule has 0 fully saturated rings. The molecule has 1 spiro atoms. The summed E-state index contributed by atoms with van der Waals surface area (Å²) in [5.41, 5.74) is 1.54. The maximum Gasteiger partial charge on any atom is 0.316 e. The van der Waals surface area contributed by atoms with Crippen molar-refractivity contribution in [1.29, 1.82) is 0 Å². The zero-order chi connectivity index (χ0) is 25.9. The number of esters is 2. The fourth-order valence-corrected chi connectivity index (χ4v) is 4.37. The van der Waals surface area contributed by atoms with Crippen LogP contribution < -0.4 is 14.2 Å². The molecule has 0 amide bonds. The van der Waals surface area contributed by atoms with Gasteiger partial charge in [0.05, 0.1) is 17.4 Å². The van der Waals surface area contributed by atoms with Crippen LogP contribution in [-0.2, 0) is 26.5 Å². The minimum absolute atomic E-state index is 0.341. The molecular weight excluding hydrogens is 456 g/mol. The van der Waals surface area contributed by atoms with Gasteiger partial charge in [-0.2, -0.15) is 0 Å². The summed E-state index contributed by atoms with van der Waals surface area (Å²) in [6, 6.07) is 18.8. The van der Waals surface area contributed by atoms with Gasteiger partial charge >= 0.3 is 11.9 Å². The van der Waals surface area contributed by atoms with E-state index in [0.717, 1.165) is 22.3 Å². The fourth-order valence-electron chi connectivity index (χ4n) is 4.37. The molecule has 6 heteroatoms. The highest BCUT2D eigenvalue weighted by Gasteiger charge is 2.49. The predicted molar refractivity (Wildman–Crippen MR) is 134 cm³/mol. The van der Waals surface area contributed by atoms with Gasteiger partial charge < -0.3 is 18.9 Å². The van der Waals surface area contributed by atoms with Crippen molar-refractivity contribution in [2.24, 2.45) is 10.8 Å². The molecule has 36 heavy (non-hydrogen) atoms. The number of benzene rings is 3. The molecule has 0 saturated heterocycles. The van der Waals surface area contributed by atoms with Crippen molar-refractivity contribution in [2.45, 2.75) is 53.8 Å². The van der Waals surface area contributed by atoms with Crippen LogP contribution in [0.1, 0.15) is 63.8 Å². The molecule has 0 N–H and O–H groups in total. The van der Waals surface area contributed by atoms with E-state index >= 15 is 0 Å². The molecule has 3 aromatic carbocycles. The molecule has 0 unspecified atom stereocenters. The van der Waals surface area contributed by atoms with Gasteiger partial charge in [0.25, 0.3) is 0 Å². The summed E-state index contributed by atoms with van der Waals surface area (Å²) in [6.45, 7) is 11.3. The Labute approximate surface area is 211 Å². The van der Waals surface area contributed by atoms with Crippen molar-refractivity contribution < 1.29 is 28.5 Å². The van der Waals surface area contributed by atoms with Gasteiger partial charge in [-0.3, -0.25) is 9.59 Å². The quantitative estimate of drug-likeness (QED) is 0.303. The van der Waals surface area contributed by atoms with Crippen LogP contribution in [0.25, 0.3) is 0 Å². The third kappa shape index (κ3) is 3.95. The molecule has 0 aliphatic carbocycles. The highest BCUT2D eigenvalue weighted by Crippen LogP contribution is 2.57. The van der Waals surface area contributed by atoms with Gasteiger partial charge in [0.2, 0.25) is 0 Å². The van der Waals surface area contributed by atoms with Crippen molar-refractivity contribution in [1.82, 2.24) is 0 Å². The number of hydrogen-bond donors (Lipinski definition) is 0. The van der Waals surface area contributed by atoms with Crippen molar-refractivity contribution >= 4 is 11.9 Å². The second kappa shape index (κ2) is 8.20. The summed E-state index contributed by atoms with van der Waals surface area (Å²) >= 11 is 0. The maximum absolute atomic E-state index is 12.5. The van der Waals surface area contributed by atoms with Crippen LogP contribution in [0, 0.1) is 10.8 Å². The molecule has 3 aromatic rings. The molecule has 0 aromatic heterocycles.